The Morgan fingerprint density at radius 3 is 2.50 bits per heavy atom. The van der Waals surface area contributed by atoms with E-state index in [1.165, 1.54) is 28.8 Å². The summed E-state index contributed by atoms with van der Waals surface area (Å²) in [5, 5.41) is 6.49. The third kappa shape index (κ3) is 3.04. The molecule has 0 radical (unpaired) electrons. The number of benzene rings is 2. The molecular formula is C22H18ClFN6O2. The van der Waals surface area contributed by atoms with Gasteiger partial charge in [0.15, 0.2) is 11.2 Å². The number of nitrogens with zero attached hydrogens (tertiary/aromatic N) is 6. The van der Waals surface area contributed by atoms with Gasteiger partial charge in [0.25, 0.3) is 5.56 Å². The van der Waals surface area contributed by atoms with Crippen molar-refractivity contribution < 1.29 is 4.39 Å². The van der Waals surface area contributed by atoms with E-state index in [-0.39, 0.29) is 34.8 Å². The summed E-state index contributed by atoms with van der Waals surface area (Å²) in [7, 11) is 2.98. The fourth-order valence-corrected chi connectivity index (χ4v) is 4.10. The number of imidazole rings is 1. The van der Waals surface area contributed by atoms with Gasteiger partial charge in [-0.05, 0) is 17.7 Å². The van der Waals surface area contributed by atoms with Crippen molar-refractivity contribution in [2.75, 3.05) is 5.01 Å². The predicted octanol–water partition coefficient (Wildman–Crippen LogP) is 2.65. The molecule has 1 aliphatic heterocycles. The molecule has 32 heavy (non-hydrogen) atoms. The minimum atomic E-state index is -0.481. The van der Waals surface area contributed by atoms with Crippen LogP contribution < -0.4 is 16.3 Å². The molecule has 0 spiro atoms. The van der Waals surface area contributed by atoms with Crippen molar-refractivity contribution in [3.05, 3.63) is 91.3 Å². The second kappa shape index (κ2) is 7.45. The molecule has 0 saturated carbocycles. The maximum Gasteiger partial charge on any atom is 0.332 e. The van der Waals surface area contributed by atoms with Crippen molar-refractivity contribution >= 4 is 34.4 Å². The van der Waals surface area contributed by atoms with Crippen LogP contribution in [0.25, 0.3) is 11.2 Å². The van der Waals surface area contributed by atoms with Gasteiger partial charge in [0.2, 0.25) is 5.95 Å². The van der Waals surface area contributed by atoms with Crippen LogP contribution >= 0.6 is 11.6 Å². The van der Waals surface area contributed by atoms with E-state index in [2.05, 4.69) is 4.98 Å². The van der Waals surface area contributed by atoms with E-state index in [4.69, 9.17) is 16.7 Å². The molecule has 2 aromatic heterocycles. The quantitative estimate of drug-likeness (QED) is 0.479. The Balaban J connectivity index is 1.76. The zero-order chi connectivity index (χ0) is 22.6. The first-order valence-corrected chi connectivity index (χ1v) is 10.2. The van der Waals surface area contributed by atoms with E-state index in [0.29, 0.717) is 11.7 Å². The molecule has 4 aromatic rings. The topological polar surface area (TPSA) is 77.4 Å². The summed E-state index contributed by atoms with van der Waals surface area (Å²) < 4.78 is 18.6. The molecule has 2 aromatic carbocycles. The van der Waals surface area contributed by atoms with Gasteiger partial charge in [0.1, 0.15) is 5.82 Å². The molecule has 162 valence electrons. The first-order chi connectivity index (χ1) is 15.4. The van der Waals surface area contributed by atoms with Gasteiger partial charge < -0.3 is 0 Å². The molecule has 0 unspecified atom stereocenters. The Hall–Kier alpha value is -3.72. The lowest BCUT2D eigenvalue weighted by Gasteiger charge is -2.26. The van der Waals surface area contributed by atoms with Crippen LogP contribution in [-0.2, 0) is 27.2 Å². The molecule has 10 heteroatoms. The van der Waals surface area contributed by atoms with Crippen LogP contribution in [0.5, 0.6) is 0 Å². The summed E-state index contributed by atoms with van der Waals surface area (Å²) in [6.45, 7) is 0.268. The summed E-state index contributed by atoms with van der Waals surface area (Å²) in [4.78, 5) is 30.0. The largest absolute Gasteiger partial charge is 0.332 e. The van der Waals surface area contributed by atoms with Crippen LogP contribution in [-0.4, -0.2) is 24.4 Å². The fourth-order valence-electron chi connectivity index (χ4n) is 3.87. The first-order valence-electron chi connectivity index (χ1n) is 9.86. The number of aromatic nitrogens is 4. The van der Waals surface area contributed by atoms with Gasteiger partial charge in [-0.25, -0.2) is 14.2 Å². The van der Waals surface area contributed by atoms with E-state index in [9.17, 15) is 14.0 Å². The highest BCUT2D eigenvalue weighted by atomic mass is 35.5. The summed E-state index contributed by atoms with van der Waals surface area (Å²) >= 11 is 6.26. The van der Waals surface area contributed by atoms with E-state index in [1.54, 1.807) is 17.7 Å². The highest BCUT2D eigenvalue weighted by Gasteiger charge is 2.28. The lowest BCUT2D eigenvalue weighted by Crippen LogP contribution is -2.38. The molecule has 0 bridgehead atoms. The zero-order valence-electron chi connectivity index (χ0n) is 17.3. The number of aryl methyl sites for hydroxylation is 1. The van der Waals surface area contributed by atoms with E-state index in [0.717, 1.165) is 10.1 Å². The van der Waals surface area contributed by atoms with Crippen molar-refractivity contribution in [2.24, 2.45) is 19.2 Å². The van der Waals surface area contributed by atoms with Gasteiger partial charge in [0, 0.05) is 24.7 Å². The number of hydrogen-bond donors (Lipinski definition) is 0. The van der Waals surface area contributed by atoms with Gasteiger partial charge >= 0.3 is 5.69 Å². The van der Waals surface area contributed by atoms with E-state index < -0.39 is 17.1 Å². The van der Waals surface area contributed by atoms with Crippen molar-refractivity contribution in [2.45, 2.75) is 13.1 Å². The van der Waals surface area contributed by atoms with E-state index >= 15 is 0 Å². The van der Waals surface area contributed by atoms with Gasteiger partial charge in [-0.3, -0.25) is 18.5 Å². The minimum absolute atomic E-state index is 0.000571. The number of fused-ring (bicyclic) bond motifs is 3. The van der Waals surface area contributed by atoms with Crippen LogP contribution in [0, 0.1) is 5.82 Å². The maximum atomic E-state index is 14.6. The number of hydrogen-bond acceptors (Lipinski definition) is 5. The molecule has 0 N–H and O–H groups in total. The highest BCUT2D eigenvalue weighted by Crippen LogP contribution is 2.29. The number of hydrazone groups is 1. The van der Waals surface area contributed by atoms with Gasteiger partial charge in [0.05, 0.1) is 18.8 Å². The average molecular weight is 453 g/mol. The van der Waals surface area contributed by atoms with Crippen LogP contribution in [0.3, 0.4) is 0 Å². The minimum Gasteiger partial charge on any atom is -0.297 e. The van der Waals surface area contributed by atoms with Crippen molar-refractivity contribution in [3.8, 4) is 0 Å². The summed E-state index contributed by atoms with van der Waals surface area (Å²) in [5.74, 6) is -0.136. The van der Waals surface area contributed by atoms with Crippen LogP contribution in [0.2, 0.25) is 5.02 Å². The molecule has 0 saturated heterocycles. The molecule has 0 atom stereocenters. The summed E-state index contributed by atoms with van der Waals surface area (Å²) in [5.41, 5.74) is 1.35. The molecule has 5 rings (SSSR count). The van der Waals surface area contributed by atoms with Crippen LogP contribution in [0.1, 0.15) is 11.1 Å². The Kier molecular flexibility index (Phi) is 4.70. The Bertz CT molecular complexity index is 1500. The highest BCUT2D eigenvalue weighted by molar-refractivity contribution is 6.31. The fraction of sp³-hybridized carbons (Fsp3) is 0.182. The number of rotatable bonds is 3. The normalized spacial score (nSPS) is 13.4. The van der Waals surface area contributed by atoms with Crippen LogP contribution in [0.4, 0.5) is 10.3 Å². The third-order valence-electron chi connectivity index (χ3n) is 5.58. The molecule has 3 heterocycles. The Labute approximate surface area is 186 Å². The number of anilines is 1. The molecule has 0 amide bonds. The molecule has 0 aliphatic carbocycles. The van der Waals surface area contributed by atoms with Gasteiger partial charge in [-0.1, -0.05) is 48.0 Å². The van der Waals surface area contributed by atoms with Crippen molar-refractivity contribution in [3.63, 3.8) is 0 Å². The monoisotopic (exact) mass is 452 g/mol. The maximum absolute atomic E-state index is 14.6. The van der Waals surface area contributed by atoms with Crippen molar-refractivity contribution in [1.82, 2.24) is 18.7 Å². The molecular weight excluding hydrogens is 435 g/mol. The Morgan fingerprint density at radius 1 is 1.03 bits per heavy atom. The predicted molar refractivity (Wildman–Crippen MR) is 121 cm³/mol. The second-order valence-corrected chi connectivity index (χ2v) is 7.95. The second-order valence-electron chi connectivity index (χ2n) is 7.55. The first kappa shape index (κ1) is 20.2. The SMILES string of the molecule is Cn1c(=O)c2c(nc3n2CC(c2ccccc2)=NN3Cc2c(F)cccc2Cl)n(C)c1=O. The lowest BCUT2D eigenvalue weighted by atomic mass is 10.1. The van der Waals surface area contributed by atoms with Gasteiger partial charge in [-0.2, -0.15) is 10.1 Å². The standard InChI is InChI=1S/C22H18ClFN6O2/c1-27-19-18(20(31)28(2)22(27)32)29-12-17(13-7-4-3-5-8-13)26-30(21(29)25-19)11-14-15(23)9-6-10-16(14)24/h3-10H,11-12H2,1-2H3. The lowest BCUT2D eigenvalue weighted by molar-refractivity contribution is 0.601. The smallest absolute Gasteiger partial charge is 0.297 e. The van der Waals surface area contributed by atoms with Crippen LogP contribution in [0.15, 0.2) is 63.2 Å². The van der Waals surface area contributed by atoms with Crippen molar-refractivity contribution in [1.29, 1.82) is 0 Å². The average Bonchev–Trinajstić information content (AvgIpc) is 3.19. The molecule has 8 nitrogen and oxygen atoms in total. The molecule has 0 fully saturated rings. The number of halogens is 2. The van der Waals surface area contributed by atoms with Gasteiger partial charge in [-0.15, -0.1) is 0 Å². The Morgan fingerprint density at radius 2 is 1.78 bits per heavy atom. The summed E-state index contributed by atoms with van der Waals surface area (Å²) in [6.07, 6.45) is 0. The molecule has 1 aliphatic rings. The van der Waals surface area contributed by atoms with E-state index in [1.807, 2.05) is 30.3 Å². The zero-order valence-corrected chi connectivity index (χ0v) is 18.0. The third-order valence-corrected chi connectivity index (χ3v) is 5.94. The summed E-state index contributed by atoms with van der Waals surface area (Å²) in [6, 6.07) is 14.0.